The summed E-state index contributed by atoms with van der Waals surface area (Å²) in [7, 11) is 1.56. The van der Waals surface area contributed by atoms with Crippen molar-refractivity contribution < 1.29 is 13.9 Å². The van der Waals surface area contributed by atoms with Gasteiger partial charge < -0.3 is 14.5 Å². The number of para-hydroxylation sites is 1. The van der Waals surface area contributed by atoms with Crippen molar-refractivity contribution >= 4 is 39.7 Å². The van der Waals surface area contributed by atoms with Gasteiger partial charge in [0.05, 0.1) is 18.6 Å². The van der Waals surface area contributed by atoms with E-state index < -0.39 is 0 Å². The van der Waals surface area contributed by atoms with E-state index in [-0.39, 0.29) is 22.8 Å². The van der Waals surface area contributed by atoms with E-state index in [9.17, 15) is 9.59 Å². The highest BCUT2D eigenvalue weighted by atomic mass is 32.2. The first kappa shape index (κ1) is 21.8. The molecule has 2 aromatic heterocycles. The SMILES string of the molecule is COc1cccc(-n2c(SCC(=O)NCc3ccccc3)nc3c(oc4ccccc43)c2=O)c1. The standard InChI is InChI=1S/C26H21N3O4S/c1-32-19-11-7-10-18(14-19)29-25(31)24-23(20-12-5-6-13-21(20)33-24)28-26(29)34-16-22(30)27-15-17-8-3-2-4-9-17/h2-14H,15-16H2,1H3,(H,27,30). The maximum atomic E-state index is 13.5. The molecule has 7 nitrogen and oxygen atoms in total. The zero-order chi connectivity index (χ0) is 23.5. The Balaban J connectivity index is 1.52. The van der Waals surface area contributed by atoms with Crippen LogP contribution in [0, 0.1) is 0 Å². The molecular weight excluding hydrogens is 450 g/mol. The van der Waals surface area contributed by atoms with Crippen LogP contribution >= 0.6 is 11.8 Å². The molecule has 8 heteroatoms. The van der Waals surface area contributed by atoms with Crippen LogP contribution in [0.1, 0.15) is 5.56 Å². The molecule has 0 fully saturated rings. The first-order valence-electron chi connectivity index (χ1n) is 10.7. The molecule has 0 aliphatic rings. The van der Waals surface area contributed by atoms with Gasteiger partial charge in [0.15, 0.2) is 5.16 Å². The van der Waals surface area contributed by atoms with Crippen LogP contribution in [-0.2, 0) is 11.3 Å². The summed E-state index contributed by atoms with van der Waals surface area (Å²) in [6.45, 7) is 0.432. The van der Waals surface area contributed by atoms with E-state index in [4.69, 9.17) is 14.1 Å². The Bertz CT molecular complexity index is 1540. The van der Waals surface area contributed by atoms with Crippen LogP contribution in [-0.4, -0.2) is 28.3 Å². The van der Waals surface area contributed by atoms with Gasteiger partial charge in [-0.1, -0.05) is 60.3 Å². The average Bonchev–Trinajstić information content (AvgIpc) is 3.26. The number of hydrogen-bond donors (Lipinski definition) is 1. The molecule has 5 rings (SSSR count). The third-order valence-electron chi connectivity index (χ3n) is 5.34. The zero-order valence-corrected chi connectivity index (χ0v) is 19.2. The molecule has 5 aromatic rings. The van der Waals surface area contributed by atoms with Crippen LogP contribution < -0.4 is 15.6 Å². The van der Waals surface area contributed by atoms with Gasteiger partial charge in [0.1, 0.15) is 16.8 Å². The Morgan fingerprint density at radius 2 is 1.85 bits per heavy atom. The first-order chi connectivity index (χ1) is 16.6. The third-order valence-corrected chi connectivity index (χ3v) is 6.28. The minimum atomic E-state index is -0.346. The number of hydrogen-bond acceptors (Lipinski definition) is 6. The van der Waals surface area contributed by atoms with Crippen LogP contribution in [0.4, 0.5) is 0 Å². The lowest BCUT2D eigenvalue weighted by molar-refractivity contribution is -0.118. The van der Waals surface area contributed by atoms with E-state index in [0.717, 1.165) is 10.9 Å². The monoisotopic (exact) mass is 471 g/mol. The number of methoxy groups -OCH3 is 1. The number of nitrogens with zero attached hydrogens (tertiary/aromatic N) is 2. The van der Waals surface area contributed by atoms with Gasteiger partial charge in [-0.25, -0.2) is 4.98 Å². The van der Waals surface area contributed by atoms with Crippen molar-refractivity contribution in [3.05, 3.63) is 94.8 Å². The normalized spacial score (nSPS) is 11.1. The molecule has 2 heterocycles. The van der Waals surface area contributed by atoms with E-state index >= 15 is 0 Å². The third kappa shape index (κ3) is 4.27. The van der Waals surface area contributed by atoms with Crippen molar-refractivity contribution in [3.63, 3.8) is 0 Å². The van der Waals surface area contributed by atoms with Gasteiger partial charge in [0.25, 0.3) is 0 Å². The summed E-state index contributed by atoms with van der Waals surface area (Å²) in [4.78, 5) is 30.9. The number of aromatic nitrogens is 2. The molecule has 1 amide bonds. The summed E-state index contributed by atoms with van der Waals surface area (Å²) in [5.74, 6) is 0.549. The average molecular weight is 472 g/mol. The Labute approximate surface area is 199 Å². The van der Waals surface area contributed by atoms with Crippen molar-refractivity contribution in [1.29, 1.82) is 0 Å². The Morgan fingerprint density at radius 3 is 2.68 bits per heavy atom. The smallest absolute Gasteiger partial charge is 0.302 e. The highest BCUT2D eigenvalue weighted by Gasteiger charge is 2.20. The van der Waals surface area contributed by atoms with Gasteiger partial charge in [-0.05, 0) is 29.8 Å². The fourth-order valence-corrected chi connectivity index (χ4v) is 4.51. The predicted molar refractivity (Wildman–Crippen MR) is 133 cm³/mol. The number of thioether (sulfide) groups is 1. The second kappa shape index (κ2) is 9.44. The molecular formula is C26H21N3O4S. The van der Waals surface area contributed by atoms with Crippen LogP contribution in [0.3, 0.4) is 0 Å². The Kier molecular flexibility index (Phi) is 6.05. The summed E-state index contributed by atoms with van der Waals surface area (Å²) >= 11 is 1.20. The van der Waals surface area contributed by atoms with Crippen LogP contribution in [0.15, 0.2) is 93.2 Å². The topological polar surface area (TPSA) is 86.4 Å². The van der Waals surface area contributed by atoms with Crippen molar-refractivity contribution in [1.82, 2.24) is 14.9 Å². The number of carbonyl (C=O) groups is 1. The van der Waals surface area contributed by atoms with Gasteiger partial charge >= 0.3 is 5.56 Å². The number of rotatable bonds is 7. The summed E-state index contributed by atoms with van der Waals surface area (Å²) in [6, 6.07) is 24.2. The molecule has 34 heavy (non-hydrogen) atoms. The Hall–Kier alpha value is -4.04. The predicted octanol–water partition coefficient (Wildman–Crippen LogP) is 4.55. The number of fused-ring (bicyclic) bond motifs is 3. The number of nitrogens with one attached hydrogen (secondary N) is 1. The minimum absolute atomic E-state index is 0.102. The van der Waals surface area contributed by atoms with Crippen LogP contribution in [0.5, 0.6) is 5.75 Å². The summed E-state index contributed by atoms with van der Waals surface area (Å²) in [5, 5.41) is 4.06. The van der Waals surface area contributed by atoms with E-state index in [0.29, 0.717) is 34.2 Å². The molecule has 0 saturated carbocycles. The van der Waals surface area contributed by atoms with Gasteiger partial charge in [0, 0.05) is 18.0 Å². The highest BCUT2D eigenvalue weighted by Crippen LogP contribution is 2.29. The van der Waals surface area contributed by atoms with Crippen molar-refractivity contribution in [2.75, 3.05) is 12.9 Å². The van der Waals surface area contributed by atoms with Crippen LogP contribution in [0.25, 0.3) is 27.8 Å². The molecule has 0 atom stereocenters. The van der Waals surface area contributed by atoms with E-state index in [1.165, 1.54) is 16.3 Å². The van der Waals surface area contributed by atoms with Gasteiger partial charge in [-0.3, -0.25) is 14.2 Å². The highest BCUT2D eigenvalue weighted by molar-refractivity contribution is 7.99. The van der Waals surface area contributed by atoms with Crippen molar-refractivity contribution in [2.24, 2.45) is 0 Å². The lowest BCUT2D eigenvalue weighted by atomic mass is 10.2. The number of furan rings is 1. The number of amides is 1. The van der Waals surface area contributed by atoms with Crippen molar-refractivity contribution in [2.45, 2.75) is 11.7 Å². The molecule has 0 saturated heterocycles. The molecule has 3 aromatic carbocycles. The molecule has 0 spiro atoms. The molecule has 0 unspecified atom stereocenters. The molecule has 0 radical (unpaired) electrons. The van der Waals surface area contributed by atoms with E-state index in [2.05, 4.69) is 5.32 Å². The van der Waals surface area contributed by atoms with E-state index in [1.807, 2.05) is 48.5 Å². The van der Waals surface area contributed by atoms with Gasteiger partial charge in [0.2, 0.25) is 11.5 Å². The fraction of sp³-hybridized carbons (Fsp3) is 0.115. The van der Waals surface area contributed by atoms with Crippen molar-refractivity contribution in [3.8, 4) is 11.4 Å². The van der Waals surface area contributed by atoms with Gasteiger partial charge in [-0.15, -0.1) is 0 Å². The second-order valence-corrected chi connectivity index (χ2v) is 8.51. The quantitative estimate of drug-likeness (QED) is 0.277. The molecule has 0 aliphatic carbocycles. The maximum absolute atomic E-state index is 13.5. The maximum Gasteiger partial charge on any atom is 0.302 e. The van der Waals surface area contributed by atoms with E-state index in [1.54, 1.807) is 37.4 Å². The lowest BCUT2D eigenvalue weighted by Gasteiger charge is -2.13. The van der Waals surface area contributed by atoms with Gasteiger partial charge in [-0.2, -0.15) is 0 Å². The summed E-state index contributed by atoms with van der Waals surface area (Å²) < 4.78 is 12.6. The number of ether oxygens (including phenoxy) is 1. The second-order valence-electron chi connectivity index (χ2n) is 7.56. The largest absolute Gasteiger partial charge is 0.497 e. The van der Waals surface area contributed by atoms with Crippen LogP contribution in [0.2, 0.25) is 0 Å². The molecule has 0 bridgehead atoms. The lowest BCUT2D eigenvalue weighted by Crippen LogP contribution is -2.26. The molecule has 0 aliphatic heterocycles. The molecule has 1 N–H and O–H groups in total. The first-order valence-corrected chi connectivity index (χ1v) is 11.6. The number of benzene rings is 3. The zero-order valence-electron chi connectivity index (χ0n) is 18.4. The summed E-state index contributed by atoms with van der Waals surface area (Å²) in [6.07, 6.45) is 0. The number of carbonyl (C=O) groups excluding carboxylic acids is 1. The fourth-order valence-electron chi connectivity index (χ4n) is 3.67. The summed E-state index contributed by atoms with van der Waals surface area (Å²) in [5.41, 5.74) is 2.47. The molecule has 170 valence electrons. The minimum Gasteiger partial charge on any atom is -0.497 e. The Morgan fingerprint density at radius 1 is 1.06 bits per heavy atom.